The van der Waals surface area contributed by atoms with E-state index in [1.807, 2.05) is 13.0 Å². The lowest BCUT2D eigenvalue weighted by atomic mass is 10.2. The van der Waals surface area contributed by atoms with Crippen LogP contribution in [-0.4, -0.2) is 8.42 Å². The molecular formula is C8H10BrNO2S. The van der Waals surface area contributed by atoms with Gasteiger partial charge in [0.05, 0.1) is 4.90 Å². The first kappa shape index (κ1) is 10.7. The van der Waals surface area contributed by atoms with Gasteiger partial charge >= 0.3 is 0 Å². The standard InChI is InChI=1S/C8H10BrNO2S/c1-5-3-7(9)6(2)8(4-5)13(10,11)12/h3-4H,1-2H3,(H2,10,11,12). The van der Waals surface area contributed by atoms with E-state index in [4.69, 9.17) is 5.14 Å². The zero-order valence-electron chi connectivity index (χ0n) is 7.33. The van der Waals surface area contributed by atoms with E-state index in [-0.39, 0.29) is 4.90 Å². The Labute approximate surface area is 86.1 Å². The second-order valence-electron chi connectivity index (χ2n) is 2.91. The van der Waals surface area contributed by atoms with Gasteiger partial charge in [0.1, 0.15) is 0 Å². The number of benzene rings is 1. The van der Waals surface area contributed by atoms with Crippen LogP contribution in [0.3, 0.4) is 0 Å². The molecule has 0 fully saturated rings. The molecule has 13 heavy (non-hydrogen) atoms. The molecule has 3 nitrogen and oxygen atoms in total. The molecule has 0 aliphatic carbocycles. The van der Waals surface area contributed by atoms with Gasteiger partial charge in [-0.25, -0.2) is 13.6 Å². The van der Waals surface area contributed by atoms with Crippen LogP contribution >= 0.6 is 15.9 Å². The van der Waals surface area contributed by atoms with Crippen molar-refractivity contribution in [2.75, 3.05) is 0 Å². The Bertz CT molecular complexity index is 440. The summed E-state index contributed by atoms with van der Waals surface area (Å²) in [6.45, 7) is 3.53. The quantitative estimate of drug-likeness (QED) is 0.839. The Balaban J connectivity index is 3.56. The van der Waals surface area contributed by atoms with Gasteiger partial charge in [0.25, 0.3) is 0 Å². The van der Waals surface area contributed by atoms with Crippen LogP contribution in [-0.2, 0) is 10.0 Å². The summed E-state index contributed by atoms with van der Waals surface area (Å²) in [5, 5.41) is 5.05. The van der Waals surface area contributed by atoms with Gasteiger partial charge in [-0.1, -0.05) is 15.9 Å². The minimum atomic E-state index is -3.61. The highest BCUT2D eigenvalue weighted by Crippen LogP contribution is 2.24. The second-order valence-corrected chi connectivity index (χ2v) is 5.30. The maximum Gasteiger partial charge on any atom is 0.238 e. The molecule has 0 spiro atoms. The van der Waals surface area contributed by atoms with Crippen molar-refractivity contribution < 1.29 is 8.42 Å². The van der Waals surface area contributed by atoms with Gasteiger partial charge in [0.15, 0.2) is 0 Å². The molecule has 0 bridgehead atoms. The van der Waals surface area contributed by atoms with E-state index in [0.29, 0.717) is 5.56 Å². The number of aryl methyl sites for hydroxylation is 1. The van der Waals surface area contributed by atoms with Crippen LogP contribution in [0.4, 0.5) is 0 Å². The van der Waals surface area contributed by atoms with E-state index in [2.05, 4.69) is 15.9 Å². The molecule has 0 aliphatic heterocycles. The summed E-state index contributed by atoms with van der Waals surface area (Å²) in [5.74, 6) is 0. The van der Waals surface area contributed by atoms with Crippen molar-refractivity contribution in [3.63, 3.8) is 0 Å². The number of nitrogens with two attached hydrogens (primary N) is 1. The monoisotopic (exact) mass is 263 g/mol. The largest absolute Gasteiger partial charge is 0.238 e. The zero-order chi connectivity index (χ0) is 10.2. The van der Waals surface area contributed by atoms with Crippen molar-refractivity contribution in [3.8, 4) is 0 Å². The van der Waals surface area contributed by atoms with Gasteiger partial charge in [-0.3, -0.25) is 0 Å². The van der Waals surface area contributed by atoms with Crippen LogP contribution in [0.25, 0.3) is 0 Å². The lowest BCUT2D eigenvalue weighted by Gasteiger charge is -2.06. The summed E-state index contributed by atoms with van der Waals surface area (Å²) in [6.07, 6.45) is 0. The topological polar surface area (TPSA) is 60.2 Å². The maximum absolute atomic E-state index is 11.1. The minimum Gasteiger partial charge on any atom is -0.225 e. The first-order valence-electron chi connectivity index (χ1n) is 3.62. The fourth-order valence-electron chi connectivity index (χ4n) is 1.08. The van der Waals surface area contributed by atoms with Gasteiger partial charge in [-0.2, -0.15) is 0 Å². The highest BCUT2D eigenvalue weighted by atomic mass is 79.9. The van der Waals surface area contributed by atoms with E-state index < -0.39 is 10.0 Å². The number of hydrogen-bond acceptors (Lipinski definition) is 2. The first-order valence-corrected chi connectivity index (χ1v) is 5.96. The highest BCUT2D eigenvalue weighted by Gasteiger charge is 2.13. The fourth-order valence-corrected chi connectivity index (χ4v) is 2.67. The molecule has 0 radical (unpaired) electrons. The molecule has 1 rings (SSSR count). The highest BCUT2D eigenvalue weighted by molar-refractivity contribution is 9.10. The molecule has 0 aromatic heterocycles. The molecule has 2 N–H and O–H groups in total. The summed E-state index contributed by atoms with van der Waals surface area (Å²) in [6, 6.07) is 3.42. The van der Waals surface area contributed by atoms with E-state index >= 15 is 0 Å². The van der Waals surface area contributed by atoms with Crippen LogP contribution in [0.1, 0.15) is 11.1 Å². The van der Waals surface area contributed by atoms with Crippen LogP contribution in [0, 0.1) is 13.8 Å². The lowest BCUT2D eigenvalue weighted by molar-refractivity contribution is 0.597. The number of sulfonamides is 1. The Morgan fingerprint density at radius 1 is 1.31 bits per heavy atom. The third-order valence-electron chi connectivity index (χ3n) is 1.75. The van der Waals surface area contributed by atoms with Gasteiger partial charge < -0.3 is 0 Å². The van der Waals surface area contributed by atoms with Gasteiger partial charge in [-0.05, 0) is 37.1 Å². The normalized spacial score (nSPS) is 11.7. The first-order chi connectivity index (χ1) is 5.82. The van der Waals surface area contributed by atoms with E-state index in [1.165, 1.54) is 0 Å². The molecule has 0 atom stereocenters. The van der Waals surface area contributed by atoms with E-state index in [9.17, 15) is 8.42 Å². The van der Waals surface area contributed by atoms with Gasteiger partial charge in [0.2, 0.25) is 10.0 Å². The van der Waals surface area contributed by atoms with Crippen molar-refractivity contribution in [1.29, 1.82) is 0 Å². The molecule has 72 valence electrons. The Morgan fingerprint density at radius 3 is 2.31 bits per heavy atom. The van der Waals surface area contributed by atoms with Crippen LogP contribution in [0.2, 0.25) is 0 Å². The fraction of sp³-hybridized carbons (Fsp3) is 0.250. The molecule has 0 saturated heterocycles. The second kappa shape index (κ2) is 3.40. The molecule has 0 saturated carbocycles. The van der Waals surface area contributed by atoms with E-state index in [1.54, 1.807) is 13.0 Å². The molecule has 0 amide bonds. The molecule has 5 heteroatoms. The molecular weight excluding hydrogens is 254 g/mol. The third-order valence-corrected chi connectivity index (χ3v) is 3.61. The number of hydrogen-bond donors (Lipinski definition) is 1. The van der Waals surface area contributed by atoms with Crippen LogP contribution in [0.5, 0.6) is 0 Å². The summed E-state index contributed by atoms with van der Waals surface area (Å²) >= 11 is 3.27. The van der Waals surface area contributed by atoms with Crippen molar-refractivity contribution >= 4 is 26.0 Å². The molecule has 0 unspecified atom stereocenters. The van der Waals surface area contributed by atoms with Gasteiger partial charge in [-0.15, -0.1) is 0 Å². The number of primary sulfonamides is 1. The lowest BCUT2D eigenvalue weighted by Crippen LogP contribution is -2.14. The van der Waals surface area contributed by atoms with Crippen molar-refractivity contribution in [2.45, 2.75) is 18.7 Å². The summed E-state index contributed by atoms with van der Waals surface area (Å²) < 4.78 is 23.0. The van der Waals surface area contributed by atoms with Crippen LogP contribution < -0.4 is 5.14 Å². The Hall–Kier alpha value is -0.390. The molecule has 1 aromatic rings. The van der Waals surface area contributed by atoms with Gasteiger partial charge in [0, 0.05) is 4.47 Å². The smallest absolute Gasteiger partial charge is 0.225 e. The summed E-state index contributed by atoms with van der Waals surface area (Å²) in [4.78, 5) is 0.180. The Kier molecular flexibility index (Phi) is 2.79. The predicted octanol–water partition coefficient (Wildman–Crippen LogP) is 1.71. The zero-order valence-corrected chi connectivity index (χ0v) is 9.74. The number of halogens is 1. The summed E-state index contributed by atoms with van der Waals surface area (Å²) in [7, 11) is -3.61. The minimum absolute atomic E-state index is 0.180. The number of rotatable bonds is 1. The Morgan fingerprint density at radius 2 is 1.85 bits per heavy atom. The SMILES string of the molecule is Cc1cc(Br)c(C)c(S(N)(=O)=O)c1. The summed E-state index contributed by atoms with van der Waals surface area (Å²) in [5.41, 5.74) is 1.51. The van der Waals surface area contributed by atoms with E-state index in [0.717, 1.165) is 10.0 Å². The maximum atomic E-state index is 11.1. The van der Waals surface area contributed by atoms with Crippen molar-refractivity contribution in [2.24, 2.45) is 5.14 Å². The predicted molar refractivity (Wildman–Crippen MR) is 55.0 cm³/mol. The van der Waals surface area contributed by atoms with Crippen LogP contribution in [0.15, 0.2) is 21.5 Å². The van der Waals surface area contributed by atoms with Crippen molar-refractivity contribution in [3.05, 3.63) is 27.7 Å². The third kappa shape index (κ3) is 2.30. The molecule has 1 aromatic carbocycles. The average molecular weight is 264 g/mol. The molecule has 0 heterocycles. The average Bonchev–Trinajstić information content (AvgIpc) is 1.94. The molecule has 0 aliphatic rings. The van der Waals surface area contributed by atoms with Crippen molar-refractivity contribution in [1.82, 2.24) is 0 Å².